The molecule has 2 amide bonds. The normalized spacial score (nSPS) is 22.1. The quantitative estimate of drug-likeness (QED) is 0.593. The molecule has 3 aromatic rings. The third-order valence-corrected chi connectivity index (χ3v) is 7.10. The van der Waals surface area contributed by atoms with E-state index in [1.165, 1.54) is 24.0 Å². The van der Waals surface area contributed by atoms with Crippen molar-refractivity contribution in [3.63, 3.8) is 0 Å². The summed E-state index contributed by atoms with van der Waals surface area (Å²) in [6.45, 7) is 3.70. The van der Waals surface area contributed by atoms with Gasteiger partial charge in [-0.1, -0.05) is 78.9 Å². The number of likely N-dealkylation sites (tertiary alicyclic amines) is 2. The van der Waals surface area contributed by atoms with Crippen LogP contribution in [0.4, 0.5) is 10.5 Å². The van der Waals surface area contributed by atoms with Crippen LogP contribution in [0.5, 0.6) is 0 Å². The minimum atomic E-state index is -0.00111. The van der Waals surface area contributed by atoms with Crippen molar-refractivity contribution in [1.29, 1.82) is 0 Å². The molecule has 0 aliphatic carbocycles. The van der Waals surface area contributed by atoms with Crippen LogP contribution in [0.15, 0.2) is 91.0 Å². The van der Waals surface area contributed by atoms with Crippen molar-refractivity contribution < 1.29 is 4.79 Å². The fraction of sp³-hybridized carbons (Fsp3) is 0.321. The lowest BCUT2D eigenvalue weighted by Crippen LogP contribution is -2.45. The number of amides is 2. The molecule has 0 radical (unpaired) electrons. The molecule has 164 valence electrons. The Bertz CT molecular complexity index is 1000. The Morgan fingerprint density at radius 3 is 1.91 bits per heavy atom. The summed E-state index contributed by atoms with van der Waals surface area (Å²) < 4.78 is 0. The van der Waals surface area contributed by atoms with Crippen LogP contribution >= 0.6 is 0 Å². The van der Waals surface area contributed by atoms with Crippen LogP contribution in [0.2, 0.25) is 0 Å². The van der Waals surface area contributed by atoms with Gasteiger partial charge in [-0.15, -0.1) is 0 Å². The second kappa shape index (κ2) is 9.58. The molecule has 5 rings (SSSR count). The topological polar surface area (TPSA) is 35.6 Å². The van der Waals surface area contributed by atoms with E-state index >= 15 is 0 Å². The van der Waals surface area contributed by atoms with Crippen LogP contribution < -0.4 is 5.32 Å². The molecule has 2 saturated heterocycles. The average Bonchev–Trinajstić information content (AvgIpc) is 3.32. The van der Waals surface area contributed by atoms with Crippen molar-refractivity contribution in [3.05, 3.63) is 102 Å². The first-order valence-corrected chi connectivity index (χ1v) is 11.7. The Balaban J connectivity index is 1.30. The van der Waals surface area contributed by atoms with E-state index in [9.17, 15) is 4.79 Å². The Kier molecular flexibility index (Phi) is 6.22. The third kappa shape index (κ3) is 4.56. The molecule has 2 heterocycles. The van der Waals surface area contributed by atoms with Gasteiger partial charge in [0, 0.05) is 30.7 Å². The van der Waals surface area contributed by atoms with E-state index in [1.54, 1.807) is 0 Å². The molecule has 0 bridgehead atoms. The molecule has 2 aliphatic heterocycles. The first-order chi connectivity index (χ1) is 15.8. The predicted molar refractivity (Wildman–Crippen MR) is 130 cm³/mol. The maximum Gasteiger partial charge on any atom is 0.321 e. The van der Waals surface area contributed by atoms with Crippen LogP contribution in [0.25, 0.3) is 0 Å². The van der Waals surface area contributed by atoms with Crippen molar-refractivity contribution in [1.82, 2.24) is 9.80 Å². The van der Waals surface area contributed by atoms with E-state index in [2.05, 4.69) is 70.9 Å². The number of carbonyl (C=O) groups is 1. The van der Waals surface area contributed by atoms with Gasteiger partial charge < -0.3 is 10.2 Å². The van der Waals surface area contributed by atoms with Crippen molar-refractivity contribution in [2.45, 2.75) is 30.7 Å². The summed E-state index contributed by atoms with van der Waals surface area (Å²) in [6.07, 6.45) is 2.36. The average molecular weight is 426 g/mol. The van der Waals surface area contributed by atoms with Crippen molar-refractivity contribution >= 4 is 11.7 Å². The summed E-state index contributed by atoms with van der Waals surface area (Å²) in [5, 5.41) is 3.08. The fourth-order valence-electron chi connectivity index (χ4n) is 5.36. The molecule has 0 unspecified atom stereocenters. The standard InChI is InChI=1S/C28H31N3O/c32-28(29-25-14-8-3-9-15-25)31-20-26(24-12-6-2-7-13-24)27(21-31)30-18-16-23(17-19-30)22-10-4-1-5-11-22/h1-15,23,26-27H,16-21H2,(H,29,32)/t26-,27+/m0/s1. The number of anilines is 1. The number of rotatable bonds is 4. The zero-order valence-corrected chi connectivity index (χ0v) is 18.4. The van der Waals surface area contributed by atoms with E-state index < -0.39 is 0 Å². The van der Waals surface area contributed by atoms with E-state index in [4.69, 9.17) is 0 Å². The first-order valence-electron chi connectivity index (χ1n) is 11.7. The molecule has 3 aromatic carbocycles. The number of carbonyl (C=O) groups excluding carboxylic acids is 1. The summed E-state index contributed by atoms with van der Waals surface area (Å²) >= 11 is 0. The van der Waals surface area contributed by atoms with Gasteiger partial charge in [0.2, 0.25) is 0 Å². The summed E-state index contributed by atoms with van der Waals surface area (Å²) in [5.41, 5.74) is 3.64. The summed E-state index contributed by atoms with van der Waals surface area (Å²) in [7, 11) is 0. The van der Waals surface area contributed by atoms with Crippen LogP contribution in [0.3, 0.4) is 0 Å². The molecular weight excluding hydrogens is 394 g/mol. The van der Waals surface area contributed by atoms with E-state index in [0.29, 0.717) is 17.9 Å². The molecule has 2 fully saturated rings. The second-order valence-corrected chi connectivity index (χ2v) is 9.01. The Morgan fingerprint density at radius 2 is 1.28 bits per heavy atom. The van der Waals surface area contributed by atoms with Crippen molar-refractivity contribution in [3.8, 4) is 0 Å². The summed E-state index contributed by atoms with van der Waals surface area (Å²) in [6, 6.07) is 31.7. The minimum absolute atomic E-state index is 0.00111. The SMILES string of the molecule is O=C(Nc1ccccc1)N1C[C@@H](N2CCC(c3ccccc3)CC2)[C@H](c2ccccc2)C1. The van der Waals surface area contributed by atoms with Crippen molar-refractivity contribution in [2.75, 3.05) is 31.5 Å². The van der Waals surface area contributed by atoms with Crippen LogP contribution in [0, 0.1) is 0 Å². The number of hydrogen-bond donors (Lipinski definition) is 1. The molecule has 32 heavy (non-hydrogen) atoms. The zero-order chi connectivity index (χ0) is 21.8. The van der Waals surface area contributed by atoms with Gasteiger partial charge in [-0.05, 0) is 55.1 Å². The van der Waals surface area contributed by atoms with Gasteiger partial charge in [0.25, 0.3) is 0 Å². The number of para-hydroxylation sites is 1. The fourth-order valence-corrected chi connectivity index (χ4v) is 5.36. The number of benzene rings is 3. The Morgan fingerprint density at radius 1 is 0.719 bits per heavy atom. The number of hydrogen-bond acceptors (Lipinski definition) is 2. The maximum atomic E-state index is 13.1. The maximum absolute atomic E-state index is 13.1. The smallest absolute Gasteiger partial charge is 0.321 e. The highest BCUT2D eigenvalue weighted by Gasteiger charge is 2.40. The highest BCUT2D eigenvalue weighted by atomic mass is 16.2. The number of piperidine rings is 1. The molecule has 0 saturated carbocycles. The number of nitrogens with zero attached hydrogens (tertiary/aromatic N) is 2. The van der Waals surface area contributed by atoms with Gasteiger partial charge in [0.05, 0.1) is 0 Å². The Labute approximate surface area is 190 Å². The van der Waals surface area contributed by atoms with Crippen LogP contribution in [-0.2, 0) is 0 Å². The van der Waals surface area contributed by atoms with E-state index in [0.717, 1.165) is 31.9 Å². The van der Waals surface area contributed by atoms with Crippen LogP contribution in [-0.4, -0.2) is 48.1 Å². The highest BCUT2D eigenvalue weighted by molar-refractivity contribution is 5.89. The van der Waals surface area contributed by atoms with Gasteiger partial charge in [-0.25, -0.2) is 4.79 Å². The summed E-state index contributed by atoms with van der Waals surface area (Å²) in [5.74, 6) is 0.979. The van der Waals surface area contributed by atoms with Crippen LogP contribution in [0.1, 0.15) is 35.8 Å². The van der Waals surface area contributed by atoms with E-state index in [-0.39, 0.29) is 6.03 Å². The van der Waals surface area contributed by atoms with Gasteiger partial charge in [0.15, 0.2) is 0 Å². The monoisotopic (exact) mass is 425 g/mol. The lowest BCUT2D eigenvalue weighted by atomic mass is 9.87. The van der Waals surface area contributed by atoms with E-state index in [1.807, 2.05) is 35.2 Å². The number of urea groups is 1. The first kappa shape index (κ1) is 20.8. The van der Waals surface area contributed by atoms with Gasteiger partial charge in [-0.2, -0.15) is 0 Å². The molecule has 4 heteroatoms. The van der Waals surface area contributed by atoms with Gasteiger partial charge in [0.1, 0.15) is 0 Å². The third-order valence-electron chi connectivity index (χ3n) is 7.10. The Hall–Kier alpha value is -3.11. The second-order valence-electron chi connectivity index (χ2n) is 9.01. The lowest BCUT2D eigenvalue weighted by Gasteiger charge is -2.38. The predicted octanol–water partition coefficient (Wildman–Crippen LogP) is 5.57. The molecule has 2 aliphatic rings. The minimum Gasteiger partial charge on any atom is -0.322 e. The molecular formula is C28H31N3O. The molecule has 2 atom stereocenters. The number of nitrogens with one attached hydrogen (secondary N) is 1. The van der Waals surface area contributed by atoms with Gasteiger partial charge in [-0.3, -0.25) is 4.90 Å². The highest BCUT2D eigenvalue weighted by Crippen LogP contribution is 2.36. The zero-order valence-electron chi connectivity index (χ0n) is 18.4. The molecule has 1 N–H and O–H groups in total. The van der Waals surface area contributed by atoms with Gasteiger partial charge >= 0.3 is 6.03 Å². The molecule has 0 aromatic heterocycles. The largest absolute Gasteiger partial charge is 0.322 e. The van der Waals surface area contributed by atoms with Crippen molar-refractivity contribution in [2.24, 2.45) is 0 Å². The molecule has 0 spiro atoms. The summed E-state index contributed by atoms with van der Waals surface area (Å²) in [4.78, 5) is 17.7. The molecule has 4 nitrogen and oxygen atoms in total. The lowest BCUT2D eigenvalue weighted by molar-refractivity contribution is 0.145.